The summed E-state index contributed by atoms with van der Waals surface area (Å²) in [6, 6.07) is 5.55. The Balaban J connectivity index is 2.73. The summed E-state index contributed by atoms with van der Waals surface area (Å²) in [7, 11) is 0. The van der Waals surface area contributed by atoms with E-state index in [0.717, 1.165) is 19.0 Å². The van der Waals surface area contributed by atoms with E-state index >= 15 is 0 Å². The molecule has 86 valence electrons. The summed E-state index contributed by atoms with van der Waals surface area (Å²) in [5, 5.41) is 8.61. The minimum atomic E-state index is -0.580. The van der Waals surface area contributed by atoms with Crippen molar-refractivity contribution in [3.8, 4) is 6.07 Å². The first-order chi connectivity index (χ1) is 7.67. The monoisotopic (exact) mass is 224 g/mol. The van der Waals surface area contributed by atoms with E-state index in [1.54, 1.807) is 0 Å². The highest BCUT2D eigenvalue weighted by Crippen LogP contribution is 2.12. The zero-order valence-electron chi connectivity index (χ0n) is 9.21. The van der Waals surface area contributed by atoms with Crippen molar-refractivity contribution in [1.82, 2.24) is 4.90 Å². The number of nitriles is 1. The lowest BCUT2D eigenvalue weighted by Crippen LogP contribution is -2.24. The van der Waals surface area contributed by atoms with Gasteiger partial charge in [0.25, 0.3) is 0 Å². The van der Waals surface area contributed by atoms with Crippen molar-refractivity contribution in [3.05, 3.63) is 35.4 Å². The highest BCUT2D eigenvalue weighted by Gasteiger charge is 2.09. The first-order valence-corrected chi connectivity index (χ1v) is 5.20. The molecule has 0 atom stereocenters. The van der Waals surface area contributed by atoms with Gasteiger partial charge in [0.2, 0.25) is 0 Å². The summed E-state index contributed by atoms with van der Waals surface area (Å²) in [4.78, 5) is 1.83. The highest BCUT2D eigenvalue weighted by atomic mass is 19.1. The molecule has 1 aromatic carbocycles. The second-order valence-electron chi connectivity index (χ2n) is 3.60. The lowest BCUT2D eigenvalue weighted by atomic mass is 10.2. The summed E-state index contributed by atoms with van der Waals surface area (Å²) in [5.74, 6) is -1.14. The van der Waals surface area contributed by atoms with Crippen molar-refractivity contribution in [2.75, 3.05) is 13.1 Å². The van der Waals surface area contributed by atoms with Gasteiger partial charge in [-0.3, -0.25) is 4.90 Å². The van der Waals surface area contributed by atoms with Crippen molar-refractivity contribution in [2.45, 2.75) is 19.9 Å². The van der Waals surface area contributed by atoms with Crippen LogP contribution in [0.25, 0.3) is 0 Å². The van der Waals surface area contributed by atoms with E-state index in [1.165, 1.54) is 12.1 Å². The quantitative estimate of drug-likeness (QED) is 0.719. The maximum absolute atomic E-state index is 13.3. The van der Waals surface area contributed by atoms with Crippen LogP contribution in [0.3, 0.4) is 0 Å². The molecule has 0 unspecified atom stereocenters. The maximum Gasteiger partial charge on any atom is 0.130 e. The molecule has 0 aromatic heterocycles. The molecule has 1 rings (SSSR count). The Hall–Kier alpha value is -1.47. The van der Waals surface area contributed by atoms with Crippen molar-refractivity contribution in [3.63, 3.8) is 0 Å². The van der Waals surface area contributed by atoms with Crippen LogP contribution >= 0.6 is 0 Å². The van der Waals surface area contributed by atoms with E-state index in [2.05, 4.69) is 0 Å². The minimum Gasteiger partial charge on any atom is -0.286 e. The normalized spacial score (nSPS) is 10.4. The summed E-state index contributed by atoms with van der Waals surface area (Å²) in [6.07, 6.45) is 0.893. The number of hydrogen-bond acceptors (Lipinski definition) is 2. The number of benzene rings is 1. The molecule has 0 bridgehead atoms. The summed E-state index contributed by atoms with van der Waals surface area (Å²) >= 11 is 0. The third-order valence-electron chi connectivity index (χ3n) is 2.24. The molecule has 0 spiro atoms. The van der Waals surface area contributed by atoms with E-state index in [9.17, 15) is 8.78 Å². The maximum atomic E-state index is 13.3. The molecular weight excluding hydrogens is 210 g/mol. The van der Waals surface area contributed by atoms with Gasteiger partial charge in [0.1, 0.15) is 11.6 Å². The zero-order valence-corrected chi connectivity index (χ0v) is 9.21. The van der Waals surface area contributed by atoms with Crippen molar-refractivity contribution < 1.29 is 8.78 Å². The van der Waals surface area contributed by atoms with E-state index in [-0.39, 0.29) is 6.54 Å². The molecule has 0 saturated carbocycles. The smallest absolute Gasteiger partial charge is 0.130 e. The van der Waals surface area contributed by atoms with Crippen LogP contribution < -0.4 is 0 Å². The average Bonchev–Trinajstić information content (AvgIpc) is 2.23. The second kappa shape index (κ2) is 6.19. The Morgan fingerprint density at radius 3 is 2.69 bits per heavy atom. The van der Waals surface area contributed by atoms with Crippen LogP contribution in [0.15, 0.2) is 18.2 Å². The molecule has 0 aliphatic heterocycles. The molecule has 0 amide bonds. The standard InChI is InChI=1S/C12H14F2N2/c1-2-6-16(7-5-15)9-10-3-4-11(13)8-12(10)14/h3-4,8H,2,6-7,9H2,1H3. The van der Waals surface area contributed by atoms with Gasteiger partial charge in [0.15, 0.2) is 0 Å². The van der Waals surface area contributed by atoms with E-state index < -0.39 is 11.6 Å². The Morgan fingerprint density at radius 2 is 2.12 bits per heavy atom. The summed E-state index contributed by atoms with van der Waals surface area (Å²) in [6.45, 7) is 3.31. The molecule has 0 heterocycles. The van der Waals surface area contributed by atoms with E-state index in [4.69, 9.17) is 5.26 Å². The number of hydrogen-bond donors (Lipinski definition) is 0. The lowest BCUT2D eigenvalue weighted by molar-refractivity contribution is 0.293. The number of nitrogens with zero attached hydrogens (tertiary/aromatic N) is 2. The first kappa shape index (κ1) is 12.6. The molecule has 16 heavy (non-hydrogen) atoms. The fourth-order valence-corrected chi connectivity index (χ4v) is 1.52. The average molecular weight is 224 g/mol. The van der Waals surface area contributed by atoms with Crippen LogP contribution in [-0.4, -0.2) is 18.0 Å². The van der Waals surface area contributed by atoms with Gasteiger partial charge in [-0.2, -0.15) is 5.26 Å². The molecule has 0 saturated heterocycles. The van der Waals surface area contributed by atoms with Gasteiger partial charge in [-0.05, 0) is 19.0 Å². The Bertz CT molecular complexity index is 385. The van der Waals surface area contributed by atoms with E-state index in [0.29, 0.717) is 12.1 Å². The molecule has 1 aromatic rings. The second-order valence-corrected chi connectivity index (χ2v) is 3.60. The summed E-state index contributed by atoms with van der Waals surface area (Å²) < 4.78 is 26.0. The first-order valence-electron chi connectivity index (χ1n) is 5.20. The van der Waals surface area contributed by atoms with Gasteiger partial charge < -0.3 is 0 Å². The van der Waals surface area contributed by atoms with Crippen LogP contribution in [0.5, 0.6) is 0 Å². The Labute approximate surface area is 94.1 Å². The molecule has 0 N–H and O–H groups in total. The van der Waals surface area contributed by atoms with Crippen LogP contribution in [0.1, 0.15) is 18.9 Å². The molecule has 2 nitrogen and oxygen atoms in total. The predicted molar refractivity (Wildman–Crippen MR) is 57.5 cm³/mol. The lowest BCUT2D eigenvalue weighted by Gasteiger charge is -2.18. The van der Waals surface area contributed by atoms with Gasteiger partial charge in [-0.1, -0.05) is 13.0 Å². The molecular formula is C12H14F2N2. The molecule has 0 radical (unpaired) electrons. The molecule has 4 heteroatoms. The van der Waals surface area contributed by atoms with Crippen molar-refractivity contribution >= 4 is 0 Å². The van der Waals surface area contributed by atoms with Crippen LogP contribution in [0.4, 0.5) is 8.78 Å². The molecule has 0 aliphatic carbocycles. The molecule has 0 fully saturated rings. The van der Waals surface area contributed by atoms with Crippen LogP contribution in [0.2, 0.25) is 0 Å². The number of halogens is 2. The van der Waals surface area contributed by atoms with Gasteiger partial charge in [-0.15, -0.1) is 0 Å². The third-order valence-corrected chi connectivity index (χ3v) is 2.24. The minimum absolute atomic E-state index is 0.255. The predicted octanol–water partition coefficient (Wildman–Crippen LogP) is 2.70. The zero-order chi connectivity index (χ0) is 12.0. The van der Waals surface area contributed by atoms with Crippen molar-refractivity contribution in [1.29, 1.82) is 5.26 Å². The van der Waals surface area contributed by atoms with Gasteiger partial charge in [0, 0.05) is 18.2 Å². The fraction of sp³-hybridized carbons (Fsp3) is 0.417. The molecule has 0 aliphatic rings. The Morgan fingerprint density at radius 1 is 1.38 bits per heavy atom. The third kappa shape index (κ3) is 3.59. The number of rotatable bonds is 5. The van der Waals surface area contributed by atoms with Gasteiger partial charge >= 0.3 is 0 Å². The Kier molecular flexibility index (Phi) is 4.87. The SMILES string of the molecule is CCCN(CC#N)Cc1ccc(F)cc1F. The topological polar surface area (TPSA) is 27.0 Å². The highest BCUT2D eigenvalue weighted by molar-refractivity contribution is 5.18. The van der Waals surface area contributed by atoms with Crippen LogP contribution in [0, 0.1) is 23.0 Å². The van der Waals surface area contributed by atoms with Gasteiger partial charge in [0.05, 0.1) is 12.6 Å². The fourth-order valence-electron chi connectivity index (χ4n) is 1.52. The van der Waals surface area contributed by atoms with Crippen LogP contribution in [-0.2, 0) is 6.54 Å². The van der Waals surface area contributed by atoms with Gasteiger partial charge in [-0.25, -0.2) is 8.78 Å². The van der Waals surface area contributed by atoms with E-state index in [1.807, 2.05) is 17.9 Å². The largest absolute Gasteiger partial charge is 0.286 e. The van der Waals surface area contributed by atoms with Crippen molar-refractivity contribution in [2.24, 2.45) is 0 Å². The summed E-state index contributed by atoms with van der Waals surface area (Å²) in [5.41, 5.74) is 0.421.